The quantitative estimate of drug-likeness (QED) is 0.484. The first-order valence-electron chi connectivity index (χ1n) is 5.10. The van der Waals surface area contributed by atoms with E-state index < -0.39 is 0 Å². The summed E-state index contributed by atoms with van der Waals surface area (Å²) in [5.74, 6) is 0. The van der Waals surface area contributed by atoms with Crippen molar-refractivity contribution in [3.8, 4) is 11.1 Å². The molecule has 0 bridgehead atoms. The molecule has 2 aromatic rings. The third-order valence-electron chi connectivity index (χ3n) is 2.47. The van der Waals surface area contributed by atoms with Gasteiger partial charge in [0.2, 0.25) is 0 Å². The Morgan fingerprint density at radius 1 is 1.06 bits per heavy atom. The van der Waals surface area contributed by atoms with Gasteiger partial charge in [0.05, 0.1) is 4.92 Å². The van der Waals surface area contributed by atoms with Crippen molar-refractivity contribution < 1.29 is 4.92 Å². The highest BCUT2D eigenvalue weighted by Crippen LogP contribution is 2.25. The lowest BCUT2D eigenvalue weighted by Crippen LogP contribution is -1.88. The SMILES string of the molecule is O=[N+]([O-])c1cccc(-c2cccc(CBr)c2)c1. The summed E-state index contributed by atoms with van der Waals surface area (Å²) >= 11 is 3.39. The van der Waals surface area contributed by atoms with Crippen LogP contribution in [0, 0.1) is 10.1 Å². The third-order valence-corrected chi connectivity index (χ3v) is 3.12. The average Bonchev–Trinajstić information content (AvgIpc) is 2.39. The molecule has 0 fully saturated rings. The molecule has 0 aliphatic heterocycles. The molecule has 0 aliphatic rings. The average molecular weight is 292 g/mol. The van der Waals surface area contributed by atoms with Crippen LogP contribution in [-0.4, -0.2) is 4.92 Å². The molecule has 0 atom stereocenters. The van der Waals surface area contributed by atoms with Gasteiger partial charge < -0.3 is 0 Å². The molecular weight excluding hydrogens is 282 g/mol. The van der Waals surface area contributed by atoms with Crippen LogP contribution in [0.3, 0.4) is 0 Å². The number of non-ortho nitro benzene ring substituents is 1. The Morgan fingerprint density at radius 2 is 1.71 bits per heavy atom. The lowest BCUT2D eigenvalue weighted by atomic mass is 10.0. The van der Waals surface area contributed by atoms with Gasteiger partial charge in [0, 0.05) is 17.5 Å². The summed E-state index contributed by atoms with van der Waals surface area (Å²) in [6.45, 7) is 0. The van der Waals surface area contributed by atoms with Gasteiger partial charge >= 0.3 is 0 Å². The molecule has 0 heterocycles. The maximum atomic E-state index is 10.7. The smallest absolute Gasteiger partial charge is 0.258 e. The zero-order valence-corrected chi connectivity index (χ0v) is 10.6. The van der Waals surface area contributed by atoms with Gasteiger partial charge in [0.15, 0.2) is 0 Å². The molecule has 0 saturated carbocycles. The second kappa shape index (κ2) is 5.10. The van der Waals surface area contributed by atoms with Crippen LogP contribution < -0.4 is 0 Å². The van der Waals surface area contributed by atoms with E-state index in [2.05, 4.69) is 15.9 Å². The normalized spacial score (nSPS) is 10.2. The number of rotatable bonds is 3. The number of hydrogen-bond acceptors (Lipinski definition) is 2. The van der Waals surface area contributed by atoms with Gasteiger partial charge in [0.25, 0.3) is 5.69 Å². The summed E-state index contributed by atoms with van der Waals surface area (Å²) in [4.78, 5) is 10.3. The molecule has 2 aromatic carbocycles. The molecule has 0 N–H and O–H groups in total. The Balaban J connectivity index is 2.45. The molecule has 0 spiro atoms. The summed E-state index contributed by atoms with van der Waals surface area (Å²) in [6.07, 6.45) is 0. The monoisotopic (exact) mass is 291 g/mol. The maximum Gasteiger partial charge on any atom is 0.270 e. The highest BCUT2D eigenvalue weighted by atomic mass is 79.9. The maximum absolute atomic E-state index is 10.7. The van der Waals surface area contributed by atoms with Crippen molar-refractivity contribution in [2.45, 2.75) is 5.33 Å². The fraction of sp³-hybridized carbons (Fsp3) is 0.0769. The second-order valence-corrected chi connectivity index (χ2v) is 4.20. The number of halogens is 1. The van der Waals surface area contributed by atoms with Crippen molar-refractivity contribution >= 4 is 21.6 Å². The van der Waals surface area contributed by atoms with Crippen LogP contribution in [0.15, 0.2) is 48.5 Å². The van der Waals surface area contributed by atoms with Gasteiger partial charge in [-0.2, -0.15) is 0 Å². The molecule has 4 heteroatoms. The molecule has 2 rings (SSSR count). The Labute approximate surface area is 107 Å². The minimum absolute atomic E-state index is 0.117. The van der Waals surface area contributed by atoms with Gasteiger partial charge in [-0.3, -0.25) is 10.1 Å². The van der Waals surface area contributed by atoms with Crippen LogP contribution in [0.5, 0.6) is 0 Å². The molecule has 0 aliphatic carbocycles. The number of nitrogens with zero attached hydrogens (tertiary/aromatic N) is 1. The standard InChI is InChI=1S/C13H10BrNO2/c14-9-10-3-1-4-11(7-10)12-5-2-6-13(8-12)15(16)17/h1-8H,9H2. The molecule has 0 unspecified atom stereocenters. The van der Waals surface area contributed by atoms with E-state index in [1.165, 1.54) is 6.07 Å². The lowest BCUT2D eigenvalue weighted by molar-refractivity contribution is -0.384. The molecule has 0 aromatic heterocycles. The van der Waals surface area contributed by atoms with Crippen LogP contribution in [0.2, 0.25) is 0 Å². The highest BCUT2D eigenvalue weighted by Gasteiger charge is 2.07. The molecule has 86 valence electrons. The molecule has 17 heavy (non-hydrogen) atoms. The van der Waals surface area contributed by atoms with Crippen molar-refractivity contribution in [3.05, 3.63) is 64.2 Å². The second-order valence-electron chi connectivity index (χ2n) is 3.64. The molecule has 0 saturated heterocycles. The van der Waals surface area contributed by atoms with E-state index in [9.17, 15) is 10.1 Å². The third kappa shape index (κ3) is 2.71. The predicted octanol–water partition coefficient (Wildman–Crippen LogP) is 4.16. The summed E-state index contributed by atoms with van der Waals surface area (Å²) in [5, 5.41) is 11.5. The molecule has 3 nitrogen and oxygen atoms in total. The fourth-order valence-electron chi connectivity index (χ4n) is 1.63. The van der Waals surface area contributed by atoms with E-state index in [0.29, 0.717) is 0 Å². The fourth-order valence-corrected chi connectivity index (χ4v) is 1.98. The Kier molecular flexibility index (Phi) is 3.54. The lowest BCUT2D eigenvalue weighted by Gasteiger charge is -2.03. The Morgan fingerprint density at radius 3 is 2.35 bits per heavy atom. The van der Waals surface area contributed by atoms with Gasteiger partial charge in [-0.1, -0.05) is 52.3 Å². The zero-order chi connectivity index (χ0) is 12.3. The number of nitro benzene ring substituents is 1. The van der Waals surface area contributed by atoms with Crippen molar-refractivity contribution in [1.29, 1.82) is 0 Å². The summed E-state index contributed by atoms with van der Waals surface area (Å²) in [6, 6.07) is 14.6. The van der Waals surface area contributed by atoms with E-state index in [0.717, 1.165) is 22.0 Å². The number of alkyl halides is 1. The molecule has 0 radical (unpaired) electrons. The van der Waals surface area contributed by atoms with Gasteiger partial charge in [-0.05, 0) is 16.7 Å². The van der Waals surface area contributed by atoms with Gasteiger partial charge in [-0.25, -0.2) is 0 Å². The minimum atomic E-state index is -0.377. The molecular formula is C13H10BrNO2. The van der Waals surface area contributed by atoms with E-state index in [1.807, 2.05) is 30.3 Å². The number of hydrogen-bond donors (Lipinski definition) is 0. The summed E-state index contributed by atoms with van der Waals surface area (Å²) in [5.41, 5.74) is 3.12. The van der Waals surface area contributed by atoms with Crippen LogP contribution in [-0.2, 0) is 5.33 Å². The number of nitro groups is 1. The van der Waals surface area contributed by atoms with Crippen LogP contribution >= 0.6 is 15.9 Å². The van der Waals surface area contributed by atoms with E-state index in [-0.39, 0.29) is 10.6 Å². The largest absolute Gasteiger partial charge is 0.270 e. The first-order chi connectivity index (χ1) is 8.20. The van der Waals surface area contributed by atoms with Crippen LogP contribution in [0.25, 0.3) is 11.1 Å². The topological polar surface area (TPSA) is 43.1 Å². The molecule has 0 amide bonds. The van der Waals surface area contributed by atoms with Crippen molar-refractivity contribution in [2.75, 3.05) is 0 Å². The van der Waals surface area contributed by atoms with E-state index in [1.54, 1.807) is 12.1 Å². The highest BCUT2D eigenvalue weighted by molar-refractivity contribution is 9.08. The van der Waals surface area contributed by atoms with E-state index in [4.69, 9.17) is 0 Å². The van der Waals surface area contributed by atoms with Crippen LogP contribution in [0.4, 0.5) is 5.69 Å². The number of benzene rings is 2. The first-order valence-corrected chi connectivity index (χ1v) is 6.22. The summed E-state index contributed by atoms with van der Waals surface area (Å²) < 4.78 is 0. The van der Waals surface area contributed by atoms with Crippen molar-refractivity contribution in [1.82, 2.24) is 0 Å². The summed E-state index contributed by atoms with van der Waals surface area (Å²) in [7, 11) is 0. The van der Waals surface area contributed by atoms with Crippen LogP contribution in [0.1, 0.15) is 5.56 Å². The first kappa shape index (κ1) is 11.8. The van der Waals surface area contributed by atoms with Gasteiger partial charge in [-0.15, -0.1) is 0 Å². The predicted molar refractivity (Wildman–Crippen MR) is 71.2 cm³/mol. The van der Waals surface area contributed by atoms with Crippen molar-refractivity contribution in [3.63, 3.8) is 0 Å². The van der Waals surface area contributed by atoms with E-state index >= 15 is 0 Å². The zero-order valence-electron chi connectivity index (χ0n) is 8.97. The Bertz CT molecular complexity index is 555. The minimum Gasteiger partial charge on any atom is -0.258 e. The van der Waals surface area contributed by atoms with Gasteiger partial charge in [0.1, 0.15) is 0 Å². The van der Waals surface area contributed by atoms with Crippen molar-refractivity contribution in [2.24, 2.45) is 0 Å². The Hall–Kier alpha value is -1.68.